The predicted octanol–water partition coefficient (Wildman–Crippen LogP) is 5.18. The number of H-pyrrole nitrogens is 1. The lowest BCUT2D eigenvalue weighted by molar-refractivity contribution is -0.132. The number of carbonyl (C=O) groups excluding carboxylic acids is 1. The minimum Gasteiger partial charge on any atom is -0.358 e. The predicted molar refractivity (Wildman–Crippen MR) is 125 cm³/mol. The monoisotopic (exact) mass is 513 g/mol. The van der Waals surface area contributed by atoms with E-state index in [1.54, 1.807) is 10.9 Å². The highest BCUT2D eigenvalue weighted by molar-refractivity contribution is 9.10. The first kappa shape index (κ1) is 21.8. The molecule has 2 aromatic carbocycles. The number of likely N-dealkylation sites (tertiary alicyclic amines) is 1. The van der Waals surface area contributed by atoms with Gasteiger partial charge < -0.3 is 9.88 Å². The number of aryl methyl sites for hydroxylation is 1. The van der Waals surface area contributed by atoms with Gasteiger partial charge in [0.15, 0.2) is 0 Å². The molecule has 0 spiro atoms. The lowest BCUT2D eigenvalue weighted by atomic mass is 10.0. The Morgan fingerprint density at radius 1 is 1.24 bits per heavy atom. The van der Waals surface area contributed by atoms with E-state index in [0.717, 1.165) is 39.5 Å². The number of aromatic amines is 1. The van der Waals surface area contributed by atoms with Crippen LogP contribution < -0.4 is 0 Å². The number of aromatic nitrogens is 4. The van der Waals surface area contributed by atoms with Gasteiger partial charge in [-0.2, -0.15) is 0 Å². The molecule has 1 fully saturated rings. The number of nitrogens with zero attached hydrogens (tertiary/aromatic N) is 4. The molecular weight excluding hydrogens is 492 g/mol. The number of fused-ring (bicyclic) bond motifs is 1. The third-order valence-corrected chi connectivity index (χ3v) is 6.76. The largest absolute Gasteiger partial charge is 0.358 e. The topological polar surface area (TPSA) is 66.8 Å². The van der Waals surface area contributed by atoms with Crippen LogP contribution in [-0.4, -0.2) is 43.9 Å². The maximum atomic E-state index is 14.1. The molecule has 1 unspecified atom stereocenters. The van der Waals surface area contributed by atoms with Crippen molar-refractivity contribution < 1.29 is 13.6 Å². The highest BCUT2D eigenvalue weighted by Crippen LogP contribution is 2.29. The molecule has 33 heavy (non-hydrogen) atoms. The summed E-state index contributed by atoms with van der Waals surface area (Å²) in [6, 6.07) is 9.61. The second-order valence-electron chi connectivity index (χ2n) is 8.41. The normalized spacial score (nSPS) is 16.5. The van der Waals surface area contributed by atoms with Crippen LogP contribution in [0.2, 0.25) is 0 Å². The molecule has 6 nitrogen and oxygen atoms in total. The van der Waals surface area contributed by atoms with Gasteiger partial charge in [0.1, 0.15) is 17.3 Å². The van der Waals surface area contributed by atoms with E-state index in [1.165, 1.54) is 18.2 Å². The second-order valence-corrected chi connectivity index (χ2v) is 9.33. The SMILES string of the molecule is Cc1[nH]c2ccc(Br)cc2c1CC(=O)N1CCCC(n2cc(-c3c(F)cccc3F)nn2)C1. The van der Waals surface area contributed by atoms with Crippen molar-refractivity contribution in [2.24, 2.45) is 0 Å². The Labute approximate surface area is 197 Å². The van der Waals surface area contributed by atoms with Gasteiger partial charge in [-0.15, -0.1) is 5.10 Å². The van der Waals surface area contributed by atoms with E-state index in [1.807, 2.05) is 30.0 Å². The first-order valence-electron chi connectivity index (χ1n) is 10.8. The van der Waals surface area contributed by atoms with Crippen LogP contribution in [0, 0.1) is 18.6 Å². The Bertz CT molecular complexity index is 1330. The van der Waals surface area contributed by atoms with Gasteiger partial charge in [-0.3, -0.25) is 4.79 Å². The summed E-state index contributed by atoms with van der Waals surface area (Å²) >= 11 is 3.51. The Balaban J connectivity index is 1.34. The zero-order chi connectivity index (χ0) is 23.1. The first-order chi connectivity index (χ1) is 15.9. The Hall–Kier alpha value is -3.07. The van der Waals surface area contributed by atoms with E-state index in [-0.39, 0.29) is 23.2 Å². The van der Waals surface area contributed by atoms with Crippen molar-refractivity contribution in [3.8, 4) is 11.3 Å². The summed E-state index contributed by atoms with van der Waals surface area (Å²) in [6.07, 6.45) is 3.49. The summed E-state index contributed by atoms with van der Waals surface area (Å²) in [5.74, 6) is -1.31. The summed E-state index contributed by atoms with van der Waals surface area (Å²) < 4.78 is 30.8. The van der Waals surface area contributed by atoms with Crippen molar-refractivity contribution in [3.63, 3.8) is 0 Å². The zero-order valence-corrected chi connectivity index (χ0v) is 19.6. The minimum atomic E-state index is -0.678. The molecule has 1 N–H and O–H groups in total. The third kappa shape index (κ3) is 4.17. The van der Waals surface area contributed by atoms with Crippen LogP contribution in [0.1, 0.15) is 30.1 Å². The molecule has 1 amide bonds. The maximum absolute atomic E-state index is 14.1. The molecule has 0 aliphatic carbocycles. The molecule has 0 saturated carbocycles. The van der Waals surface area contributed by atoms with Crippen LogP contribution in [0.4, 0.5) is 8.78 Å². The van der Waals surface area contributed by atoms with Crippen LogP contribution in [0.25, 0.3) is 22.2 Å². The molecule has 0 bridgehead atoms. The summed E-state index contributed by atoms with van der Waals surface area (Å²) in [7, 11) is 0. The fraction of sp³-hybridized carbons (Fsp3) is 0.292. The molecule has 1 aliphatic heterocycles. The molecular formula is C24H22BrF2N5O. The van der Waals surface area contributed by atoms with Crippen molar-refractivity contribution in [1.82, 2.24) is 24.9 Å². The maximum Gasteiger partial charge on any atom is 0.227 e. The van der Waals surface area contributed by atoms with E-state index in [2.05, 4.69) is 31.2 Å². The molecule has 2 aromatic heterocycles. The van der Waals surface area contributed by atoms with Gasteiger partial charge in [0, 0.05) is 34.2 Å². The van der Waals surface area contributed by atoms with Gasteiger partial charge in [0.25, 0.3) is 0 Å². The average molecular weight is 514 g/mol. The Morgan fingerprint density at radius 2 is 2.03 bits per heavy atom. The van der Waals surface area contributed by atoms with Crippen LogP contribution >= 0.6 is 15.9 Å². The van der Waals surface area contributed by atoms with Gasteiger partial charge in [0.2, 0.25) is 5.91 Å². The number of carbonyl (C=O) groups is 1. The number of piperidine rings is 1. The number of nitrogens with one attached hydrogen (secondary N) is 1. The summed E-state index contributed by atoms with van der Waals surface area (Å²) in [5, 5.41) is 9.15. The van der Waals surface area contributed by atoms with Gasteiger partial charge in [-0.1, -0.05) is 27.2 Å². The number of rotatable bonds is 4. The second kappa shape index (κ2) is 8.70. The molecule has 4 aromatic rings. The van der Waals surface area contributed by atoms with Crippen molar-refractivity contribution in [1.29, 1.82) is 0 Å². The Morgan fingerprint density at radius 3 is 2.82 bits per heavy atom. The van der Waals surface area contributed by atoms with Gasteiger partial charge >= 0.3 is 0 Å². The molecule has 1 saturated heterocycles. The number of amides is 1. The number of halogens is 3. The Kier molecular flexibility index (Phi) is 5.74. The molecule has 170 valence electrons. The standard InChI is InChI=1S/C24H22BrF2N5O/c1-14-17(18-10-15(25)7-8-21(18)28-14)11-23(33)31-9-3-4-16(12-31)32-13-22(29-30-32)24-19(26)5-2-6-20(24)27/h2,5-8,10,13,16,28H,3-4,9,11-12H2,1H3. The number of hydrogen-bond acceptors (Lipinski definition) is 3. The van der Waals surface area contributed by atoms with Crippen LogP contribution in [0.15, 0.2) is 47.1 Å². The molecule has 1 aliphatic rings. The van der Waals surface area contributed by atoms with E-state index >= 15 is 0 Å². The fourth-order valence-corrected chi connectivity index (χ4v) is 4.92. The van der Waals surface area contributed by atoms with Crippen molar-refractivity contribution in [3.05, 3.63) is 70.0 Å². The van der Waals surface area contributed by atoms with Crippen LogP contribution in [0.3, 0.4) is 0 Å². The highest BCUT2D eigenvalue weighted by atomic mass is 79.9. The minimum absolute atomic E-state index is 0.0455. The molecule has 3 heterocycles. The van der Waals surface area contributed by atoms with E-state index in [0.29, 0.717) is 19.5 Å². The quantitative estimate of drug-likeness (QED) is 0.408. The van der Waals surface area contributed by atoms with Crippen molar-refractivity contribution in [2.75, 3.05) is 13.1 Å². The van der Waals surface area contributed by atoms with Gasteiger partial charge in [0.05, 0.1) is 24.2 Å². The number of hydrogen-bond donors (Lipinski definition) is 1. The lowest BCUT2D eigenvalue weighted by Crippen LogP contribution is -2.41. The fourth-order valence-electron chi connectivity index (χ4n) is 4.55. The van der Waals surface area contributed by atoms with Crippen molar-refractivity contribution >= 4 is 32.7 Å². The van der Waals surface area contributed by atoms with E-state index < -0.39 is 11.6 Å². The lowest BCUT2D eigenvalue weighted by Gasteiger charge is -2.32. The zero-order valence-electron chi connectivity index (χ0n) is 18.0. The number of benzene rings is 2. The molecule has 9 heteroatoms. The summed E-state index contributed by atoms with van der Waals surface area (Å²) in [4.78, 5) is 18.4. The highest BCUT2D eigenvalue weighted by Gasteiger charge is 2.27. The van der Waals surface area contributed by atoms with Crippen molar-refractivity contribution in [2.45, 2.75) is 32.2 Å². The summed E-state index contributed by atoms with van der Waals surface area (Å²) in [5.41, 5.74) is 2.95. The third-order valence-electron chi connectivity index (χ3n) is 6.26. The molecule has 0 radical (unpaired) electrons. The van der Waals surface area contributed by atoms with Gasteiger partial charge in [-0.25, -0.2) is 13.5 Å². The molecule has 1 atom stereocenters. The van der Waals surface area contributed by atoms with Crippen LogP contribution in [0.5, 0.6) is 0 Å². The van der Waals surface area contributed by atoms with Crippen LogP contribution in [-0.2, 0) is 11.2 Å². The first-order valence-corrected chi connectivity index (χ1v) is 11.6. The van der Waals surface area contributed by atoms with E-state index in [4.69, 9.17) is 0 Å². The summed E-state index contributed by atoms with van der Waals surface area (Å²) in [6.45, 7) is 3.13. The van der Waals surface area contributed by atoms with Gasteiger partial charge in [-0.05, 0) is 55.7 Å². The average Bonchev–Trinajstić information content (AvgIpc) is 3.39. The smallest absolute Gasteiger partial charge is 0.227 e. The van der Waals surface area contributed by atoms with E-state index in [9.17, 15) is 13.6 Å². The molecule has 5 rings (SSSR count).